The van der Waals surface area contributed by atoms with Crippen molar-refractivity contribution in [2.24, 2.45) is 0 Å². The molecule has 0 bridgehead atoms. The zero-order chi connectivity index (χ0) is 15.4. The van der Waals surface area contributed by atoms with Crippen molar-refractivity contribution >= 4 is 17.5 Å². The first-order valence-corrected chi connectivity index (χ1v) is 7.36. The predicted octanol–water partition coefficient (Wildman–Crippen LogP) is 4.27. The summed E-state index contributed by atoms with van der Waals surface area (Å²) >= 11 is 5.89. The van der Waals surface area contributed by atoms with E-state index in [2.05, 4.69) is 10.3 Å². The van der Waals surface area contributed by atoms with Crippen LogP contribution < -0.4 is 5.32 Å². The molecule has 3 aromatic rings. The summed E-state index contributed by atoms with van der Waals surface area (Å²) in [4.78, 5) is 14.7. The summed E-state index contributed by atoms with van der Waals surface area (Å²) in [5, 5.41) is 3.61. The van der Waals surface area contributed by atoms with Gasteiger partial charge in [-0.2, -0.15) is 0 Å². The Balaban J connectivity index is 1.64. The molecular weight excluding hydrogens is 296 g/mol. The van der Waals surface area contributed by atoms with Gasteiger partial charge in [0.2, 0.25) is 0 Å². The second-order valence-corrected chi connectivity index (χ2v) is 5.41. The highest BCUT2D eigenvalue weighted by Gasteiger charge is 2.05. The number of H-pyrrole nitrogens is 1. The Morgan fingerprint density at radius 1 is 0.955 bits per heavy atom. The van der Waals surface area contributed by atoms with Crippen molar-refractivity contribution in [1.82, 2.24) is 10.3 Å². The smallest absolute Gasteiger partial charge is 0.267 e. The molecule has 110 valence electrons. The molecule has 2 aromatic carbocycles. The molecule has 0 radical (unpaired) electrons. The summed E-state index contributed by atoms with van der Waals surface area (Å²) in [7, 11) is 0. The Kier molecular flexibility index (Phi) is 4.26. The quantitative estimate of drug-likeness (QED) is 0.743. The third-order valence-electron chi connectivity index (χ3n) is 3.43. The number of carbonyl (C=O) groups is 1. The van der Waals surface area contributed by atoms with Crippen LogP contribution in [0.5, 0.6) is 0 Å². The highest BCUT2D eigenvalue weighted by atomic mass is 35.5. The largest absolute Gasteiger partial charge is 0.357 e. The fourth-order valence-corrected chi connectivity index (χ4v) is 2.33. The minimum atomic E-state index is -0.105. The lowest BCUT2D eigenvalue weighted by Gasteiger charge is -2.06. The van der Waals surface area contributed by atoms with Gasteiger partial charge in [-0.1, -0.05) is 48.0 Å². The zero-order valence-corrected chi connectivity index (χ0v) is 12.6. The van der Waals surface area contributed by atoms with Crippen LogP contribution in [0.1, 0.15) is 16.1 Å². The molecule has 1 aromatic heterocycles. The maximum absolute atomic E-state index is 11.8. The summed E-state index contributed by atoms with van der Waals surface area (Å²) in [6, 6.07) is 19.4. The SMILES string of the molecule is O=C(NCc1ccc(-c2ccc(Cl)cc2)cc1)c1ccc[nH]1. The topological polar surface area (TPSA) is 44.9 Å². The second kappa shape index (κ2) is 6.50. The molecule has 3 nitrogen and oxygen atoms in total. The van der Waals surface area contributed by atoms with Gasteiger partial charge in [0, 0.05) is 17.8 Å². The average molecular weight is 311 g/mol. The van der Waals surface area contributed by atoms with Gasteiger partial charge < -0.3 is 10.3 Å². The van der Waals surface area contributed by atoms with Gasteiger partial charge in [-0.15, -0.1) is 0 Å². The van der Waals surface area contributed by atoms with Crippen LogP contribution >= 0.6 is 11.6 Å². The molecule has 0 fully saturated rings. The van der Waals surface area contributed by atoms with Crippen LogP contribution in [0, 0.1) is 0 Å². The Morgan fingerprint density at radius 2 is 1.59 bits per heavy atom. The molecule has 1 amide bonds. The van der Waals surface area contributed by atoms with E-state index >= 15 is 0 Å². The molecule has 0 aliphatic rings. The van der Waals surface area contributed by atoms with Crippen LogP contribution in [0.15, 0.2) is 66.9 Å². The summed E-state index contributed by atoms with van der Waals surface area (Å²) in [6.07, 6.45) is 1.73. The van der Waals surface area contributed by atoms with Crippen molar-refractivity contribution in [2.45, 2.75) is 6.54 Å². The van der Waals surface area contributed by atoms with Crippen molar-refractivity contribution in [3.8, 4) is 11.1 Å². The maximum Gasteiger partial charge on any atom is 0.267 e. The maximum atomic E-state index is 11.8. The highest BCUT2D eigenvalue weighted by Crippen LogP contribution is 2.21. The summed E-state index contributed by atoms with van der Waals surface area (Å²) in [6.45, 7) is 0.499. The number of nitrogens with one attached hydrogen (secondary N) is 2. The van der Waals surface area contributed by atoms with Gasteiger partial charge in [0.05, 0.1) is 0 Å². The van der Waals surface area contributed by atoms with Gasteiger partial charge in [0.1, 0.15) is 5.69 Å². The third-order valence-corrected chi connectivity index (χ3v) is 3.68. The molecule has 0 saturated heterocycles. The number of amides is 1. The van der Waals surface area contributed by atoms with Crippen LogP contribution in [0.3, 0.4) is 0 Å². The van der Waals surface area contributed by atoms with E-state index in [0.29, 0.717) is 12.2 Å². The van der Waals surface area contributed by atoms with Crippen molar-refractivity contribution in [2.75, 3.05) is 0 Å². The van der Waals surface area contributed by atoms with Crippen molar-refractivity contribution in [1.29, 1.82) is 0 Å². The first kappa shape index (κ1) is 14.4. The number of halogens is 1. The number of benzene rings is 2. The molecule has 0 atom stereocenters. The average Bonchev–Trinajstić information content (AvgIpc) is 3.08. The molecule has 0 spiro atoms. The Labute approximate surface area is 133 Å². The second-order valence-electron chi connectivity index (χ2n) is 4.97. The first-order chi connectivity index (χ1) is 10.7. The molecule has 0 unspecified atom stereocenters. The fourth-order valence-electron chi connectivity index (χ4n) is 2.21. The fraction of sp³-hybridized carbons (Fsp3) is 0.0556. The van der Waals surface area contributed by atoms with Gasteiger partial charge in [-0.25, -0.2) is 0 Å². The van der Waals surface area contributed by atoms with Crippen LogP contribution in [0.4, 0.5) is 0 Å². The van der Waals surface area contributed by atoms with Crippen LogP contribution in [0.25, 0.3) is 11.1 Å². The van der Waals surface area contributed by atoms with E-state index in [1.807, 2.05) is 48.5 Å². The molecule has 0 aliphatic carbocycles. The Bertz CT molecular complexity index is 747. The lowest BCUT2D eigenvalue weighted by atomic mass is 10.0. The summed E-state index contributed by atoms with van der Waals surface area (Å²) in [5.74, 6) is -0.105. The summed E-state index contributed by atoms with van der Waals surface area (Å²) in [5.41, 5.74) is 3.86. The van der Waals surface area contributed by atoms with E-state index < -0.39 is 0 Å². The molecule has 3 rings (SSSR count). The molecule has 22 heavy (non-hydrogen) atoms. The van der Waals surface area contributed by atoms with E-state index in [1.165, 1.54) is 0 Å². The summed E-state index contributed by atoms with van der Waals surface area (Å²) < 4.78 is 0. The predicted molar refractivity (Wildman–Crippen MR) is 88.9 cm³/mol. The van der Waals surface area contributed by atoms with E-state index in [1.54, 1.807) is 18.3 Å². The standard InChI is InChI=1S/C18H15ClN2O/c19-16-9-7-15(8-10-16)14-5-3-13(4-6-14)12-21-18(22)17-2-1-11-20-17/h1-11,20H,12H2,(H,21,22). The zero-order valence-electron chi connectivity index (χ0n) is 11.8. The van der Waals surface area contributed by atoms with Gasteiger partial charge >= 0.3 is 0 Å². The van der Waals surface area contributed by atoms with Gasteiger partial charge in [-0.3, -0.25) is 4.79 Å². The van der Waals surface area contributed by atoms with Crippen LogP contribution in [-0.4, -0.2) is 10.9 Å². The number of aromatic amines is 1. The van der Waals surface area contributed by atoms with E-state index in [9.17, 15) is 4.79 Å². The monoisotopic (exact) mass is 310 g/mol. The van der Waals surface area contributed by atoms with Crippen LogP contribution in [-0.2, 0) is 6.54 Å². The molecule has 0 aliphatic heterocycles. The van der Waals surface area contributed by atoms with Crippen molar-refractivity contribution < 1.29 is 4.79 Å². The lowest BCUT2D eigenvalue weighted by molar-refractivity contribution is 0.0946. The lowest BCUT2D eigenvalue weighted by Crippen LogP contribution is -2.22. The first-order valence-electron chi connectivity index (χ1n) is 6.99. The molecule has 0 saturated carbocycles. The normalized spacial score (nSPS) is 10.4. The highest BCUT2D eigenvalue weighted by molar-refractivity contribution is 6.30. The number of carbonyl (C=O) groups excluding carboxylic acids is 1. The number of hydrogen-bond donors (Lipinski definition) is 2. The van der Waals surface area contributed by atoms with Gasteiger partial charge in [0.15, 0.2) is 0 Å². The van der Waals surface area contributed by atoms with Crippen molar-refractivity contribution in [3.63, 3.8) is 0 Å². The minimum Gasteiger partial charge on any atom is -0.357 e. The van der Waals surface area contributed by atoms with Gasteiger partial charge in [0.25, 0.3) is 5.91 Å². The Morgan fingerprint density at radius 3 is 2.18 bits per heavy atom. The van der Waals surface area contributed by atoms with Crippen molar-refractivity contribution in [3.05, 3.63) is 83.1 Å². The van der Waals surface area contributed by atoms with Gasteiger partial charge in [-0.05, 0) is 41.0 Å². The molecule has 1 heterocycles. The number of aromatic nitrogens is 1. The van der Waals surface area contributed by atoms with E-state index in [4.69, 9.17) is 11.6 Å². The Hall–Kier alpha value is -2.52. The van der Waals surface area contributed by atoms with E-state index in [-0.39, 0.29) is 5.91 Å². The number of hydrogen-bond acceptors (Lipinski definition) is 1. The minimum absolute atomic E-state index is 0.105. The van der Waals surface area contributed by atoms with Crippen LogP contribution in [0.2, 0.25) is 5.02 Å². The molecule has 2 N–H and O–H groups in total. The number of rotatable bonds is 4. The van der Waals surface area contributed by atoms with E-state index in [0.717, 1.165) is 21.7 Å². The third kappa shape index (κ3) is 3.38. The molecular formula is C18H15ClN2O. The molecule has 4 heteroatoms.